The zero-order valence-electron chi connectivity index (χ0n) is 15.9. The van der Waals surface area contributed by atoms with Crippen LogP contribution < -0.4 is 16.0 Å². The number of rotatable bonds is 7. The average molecular weight is 419 g/mol. The van der Waals surface area contributed by atoms with Gasteiger partial charge in [-0.2, -0.15) is 13.2 Å². The summed E-state index contributed by atoms with van der Waals surface area (Å²) in [5.74, 6) is -1.16. The summed E-state index contributed by atoms with van der Waals surface area (Å²) in [6, 6.07) is 10.3. The highest BCUT2D eigenvalue weighted by Crippen LogP contribution is 2.32. The third-order valence-corrected chi connectivity index (χ3v) is 4.54. The van der Waals surface area contributed by atoms with Crippen molar-refractivity contribution in [1.82, 2.24) is 10.6 Å². The maximum atomic E-state index is 13.1. The molecule has 1 fully saturated rings. The molecule has 0 bridgehead atoms. The van der Waals surface area contributed by atoms with Crippen molar-refractivity contribution < 1.29 is 27.6 Å². The Labute approximate surface area is 170 Å². The van der Waals surface area contributed by atoms with Crippen molar-refractivity contribution in [2.24, 2.45) is 5.92 Å². The Kier molecular flexibility index (Phi) is 6.39. The Bertz CT molecular complexity index is 939. The van der Waals surface area contributed by atoms with Gasteiger partial charge in [-0.3, -0.25) is 14.4 Å². The first-order valence-corrected chi connectivity index (χ1v) is 9.39. The highest BCUT2D eigenvalue weighted by molar-refractivity contribution is 6.05. The molecule has 3 amide bonds. The third-order valence-electron chi connectivity index (χ3n) is 4.54. The smallest absolute Gasteiger partial charge is 0.354 e. The molecule has 6 nitrogen and oxygen atoms in total. The summed E-state index contributed by atoms with van der Waals surface area (Å²) in [6.07, 6.45) is -2.83. The molecule has 158 valence electrons. The third kappa shape index (κ3) is 5.59. The molecule has 3 rings (SSSR count). The second-order valence-electron chi connectivity index (χ2n) is 6.90. The molecule has 2 aromatic carbocycles. The van der Waals surface area contributed by atoms with E-state index in [1.54, 1.807) is 0 Å². The largest absolute Gasteiger partial charge is 0.417 e. The molecule has 0 atom stereocenters. The predicted octanol–water partition coefficient (Wildman–Crippen LogP) is 3.21. The number of carbonyl (C=O) groups is 3. The highest BCUT2D eigenvalue weighted by atomic mass is 19.4. The van der Waals surface area contributed by atoms with Crippen LogP contribution in [0.4, 0.5) is 18.9 Å². The van der Waals surface area contributed by atoms with E-state index in [-0.39, 0.29) is 30.0 Å². The van der Waals surface area contributed by atoms with E-state index in [1.165, 1.54) is 36.4 Å². The molecule has 3 N–H and O–H groups in total. The number of hydrogen-bond acceptors (Lipinski definition) is 3. The normalized spacial score (nSPS) is 13.4. The number of benzene rings is 2. The summed E-state index contributed by atoms with van der Waals surface area (Å²) in [6.45, 7) is 0.595. The average Bonchev–Trinajstić information content (AvgIpc) is 3.56. The number of halogens is 3. The van der Waals surface area contributed by atoms with Gasteiger partial charge in [-0.25, -0.2) is 0 Å². The summed E-state index contributed by atoms with van der Waals surface area (Å²) in [5.41, 5.74) is -0.935. The van der Waals surface area contributed by atoms with Crippen molar-refractivity contribution in [2.45, 2.75) is 19.0 Å². The number of alkyl halides is 3. The Morgan fingerprint density at radius 3 is 2.13 bits per heavy atom. The Morgan fingerprint density at radius 2 is 1.50 bits per heavy atom. The SMILES string of the molecule is O=C(NCCNC(=O)C1CC1)c1ccc(NC(=O)c2ccccc2C(F)(F)F)cc1. The Morgan fingerprint density at radius 1 is 0.867 bits per heavy atom. The Hall–Kier alpha value is -3.36. The molecule has 30 heavy (non-hydrogen) atoms. The molecule has 0 spiro atoms. The molecule has 0 saturated heterocycles. The van der Waals surface area contributed by atoms with Crippen LogP contribution in [-0.2, 0) is 11.0 Å². The molecule has 0 aromatic heterocycles. The molecule has 0 unspecified atom stereocenters. The van der Waals surface area contributed by atoms with Gasteiger partial charge in [0.15, 0.2) is 0 Å². The molecule has 1 saturated carbocycles. The minimum atomic E-state index is -4.64. The van der Waals surface area contributed by atoms with Gasteiger partial charge < -0.3 is 16.0 Å². The van der Waals surface area contributed by atoms with E-state index < -0.39 is 23.2 Å². The van der Waals surface area contributed by atoms with Gasteiger partial charge in [-0.15, -0.1) is 0 Å². The van der Waals surface area contributed by atoms with E-state index in [2.05, 4.69) is 16.0 Å². The van der Waals surface area contributed by atoms with Crippen molar-refractivity contribution in [3.63, 3.8) is 0 Å². The van der Waals surface area contributed by atoms with E-state index in [9.17, 15) is 27.6 Å². The lowest BCUT2D eigenvalue weighted by Crippen LogP contribution is -2.35. The van der Waals surface area contributed by atoms with Gasteiger partial charge in [0.1, 0.15) is 0 Å². The number of carbonyl (C=O) groups excluding carboxylic acids is 3. The predicted molar refractivity (Wildman–Crippen MR) is 104 cm³/mol. The number of hydrogen-bond donors (Lipinski definition) is 3. The van der Waals surface area contributed by atoms with E-state index in [4.69, 9.17) is 0 Å². The maximum Gasteiger partial charge on any atom is 0.417 e. The fourth-order valence-corrected chi connectivity index (χ4v) is 2.79. The minimum absolute atomic E-state index is 0.00330. The topological polar surface area (TPSA) is 87.3 Å². The van der Waals surface area contributed by atoms with Gasteiger partial charge in [0.25, 0.3) is 11.8 Å². The van der Waals surface area contributed by atoms with Crippen LogP contribution in [0, 0.1) is 5.92 Å². The van der Waals surface area contributed by atoms with Crippen LogP contribution >= 0.6 is 0 Å². The van der Waals surface area contributed by atoms with Gasteiger partial charge >= 0.3 is 6.18 Å². The van der Waals surface area contributed by atoms with Crippen molar-refractivity contribution >= 4 is 23.4 Å². The molecular weight excluding hydrogens is 399 g/mol. The van der Waals surface area contributed by atoms with E-state index in [0.29, 0.717) is 12.1 Å². The molecule has 0 radical (unpaired) electrons. The molecule has 2 aromatic rings. The number of nitrogens with one attached hydrogen (secondary N) is 3. The van der Waals surface area contributed by atoms with Crippen LogP contribution in [0.25, 0.3) is 0 Å². The number of anilines is 1. The molecule has 1 aliphatic rings. The Balaban J connectivity index is 1.53. The highest BCUT2D eigenvalue weighted by Gasteiger charge is 2.34. The lowest BCUT2D eigenvalue weighted by Gasteiger charge is -2.13. The molecule has 1 aliphatic carbocycles. The summed E-state index contributed by atoms with van der Waals surface area (Å²) in [5, 5.41) is 7.79. The van der Waals surface area contributed by atoms with Crippen LogP contribution in [-0.4, -0.2) is 30.8 Å². The standard InChI is InChI=1S/C21H20F3N3O3/c22-21(23,24)17-4-2-1-3-16(17)20(30)27-15-9-7-14(8-10-15)19(29)26-12-11-25-18(28)13-5-6-13/h1-4,7-10,13H,5-6,11-12H2,(H,25,28)(H,26,29)(H,27,30). The summed E-state index contributed by atoms with van der Waals surface area (Å²) < 4.78 is 39.2. The van der Waals surface area contributed by atoms with Crippen LogP contribution in [0.1, 0.15) is 39.1 Å². The van der Waals surface area contributed by atoms with E-state index in [0.717, 1.165) is 25.0 Å². The molecule has 0 heterocycles. The fraction of sp³-hybridized carbons (Fsp3) is 0.286. The van der Waals surface area contributed by atoms with Crippen molar-refractivity contribution in [3.8, 4) is 0 Å². The minimum Gasteiger partial charge on any atom is -0.354 e. The van der Waals surface area contributed by atoms with Crippen molar-refractivity contribution in [2.75, 3.05) is 18.4 Å². The zero-order chi connectivity index (χ0) is 21.7. The number of amides is 3. The molecule has 0 aliphatic heterocycles. The van der Waals surface area contributed by atoms with Crippen LogP contribution in [0.5, 0.6) is 0 Å². The molecule has 9 heteroatoms. The summed E-state index contributed by atoms with van der Waals surface area (Å²) in [7, 11) is 0. The van der Waals surface area contributed by atoms with Gasteiger partial charge in [-0.05, 0) is 49.2 Å². The molecular formula is C21H20F3N3O3. The lowest BCUT2D eigenvalue weighted by atomic mass is 10.1. The van der Waals surface area contributed by atoms with E-state index in [1.807, 2.05) is 0 Å². The van der Waals surface area contributed by atoms with Gasteiger partial charge in [0.2, 0.25) is 5.91 Å². The fourth-order valence-electron chi connectivity index (χ4n) is 2.79. The second kappa shape index (κ2) is 8.98. The second-order valence-corrected chi connectivity index (χ2v) is 6.90. The first-order valence-electron chi connectivity index (χ1n) is 9.39. The quantitative estimate of drug-likeness (QED) is 0.603. The monoisotopic (exact) mass is 419 g/mol. The maximum absolute atomic E-state index is 13.1. The van der Waals surface area contributed by atoms with Gasteiger partial charge in [0, 0.05) is 30.3 Å². The first kappa shape index (κ1) is 21.4. The van der Waals surface area contributed by atoms with Crippen LogP contribution in [0.15, 0.2) is 48.5 Å². The first-order chi connectivity index (χ1) is 14.3. The van der Waals surface area contributed by atoms with Crippen molar-refractivity contribution in [3.05, 3.63) is 65.2 Å². The van der Waals surface area contributed by atoms with Crippen LogP contribution in [0.3, 0.4) is 0 Å². The van der Waals surface area contributed by atoms with Gasteiger partial charge in [0.05, 0.1) is 11.1 Å². The van der Waals surface area contributed by atoms with Crippen molar-refractivity contribution in [1.29, 1.82) is 0 Å². The van der Waals surface area contributed by atoms with Gasteiger partial charge in [-0.1, -0.05) is 12.1 Å². The van der Waals surface area contributed by atoms with E-state index >= 15 is 0 Å². The summed E-state index contributed by atoms with van der Waals surface area (Å²) >= 11 is 0. The van der Waals surface area contributed by atoms with Crippen LogP contribution in [0.2, 0.25) is 0 Å². The zero-order valence-corrected chi connectivity index (χ0v) is 15.9. The lowest BCUT2D eigenvalue weighted by molar-refractivity contribution is -0.137. The summed E-state index contributed by atoms with van der Waals surface area (Å²) in [4.78, 5) is 35.9.